The third kappa shape index (κ3) is 2.45. The van der Waals surface area contributed by atoms with Gasteiger partial charge in [-0.15, -0.1) is 0 Å². The van der Waals surface area contributed by atoms with Crippen LogP contribution in [-0.4, -0.2) is 11.3 Å². The number of benzene rings is 1. The zero-order chi connectivity index (χ0) is 12.6. The van der Waals surface area contributed by atoms with Crippen LogP contribution < -0.4 is 5.73 Å². The van der Waals surface area contributed by atoms with Crippen LogP contribution >= 0.6 is 11.6 Å². The van der Waals surface area contributed by atoms with E-state index in [4.69, 9.17) is 17.3 Å². The minimum absolute atomic E-state index is 0.0162. The lowest BCUT2D eigenvalue weighted by molar-refractivity contribution is 0.0735. The second-order valence-corrected chi connectivity index (χ2v) is 5.62. The van der Waals surface area contributed by atoms with Crippen molar-refractivity contribution in [2.75, 3.05) is 0 Å². The summed E-state index contributed by atoms with van der Waals surface area (Å²) in [5.74, 6) is 0.0162. The molecule has 2 N–H and O–H groups in total. The van der Waals surface area contributed by atoms with E-state index in [1.807, 2.05) is 27.7 Å². The van der Waals surface area contributed by atoms with Crippen LogP contribution in [0.2, 0.25) is 5.02 Å². The highest BCUT2D eigenvalue weighted by molar-refractivity contribution is 6.31. The number of Topliss-reactive ketones (excluding diaryl/α,β-unsaturated/α-hetero) is 1. The molecule has 3 heteroatoms. The van der Waals surface area contributed by atoms with Crippen LogP contribution in [0.3, 0.4) is 0 Å². The van der Waals surface area contributed by atoms with E-state index in [2.05, 4.69) is 0 Å². The predicted octanol–water partition coefficient (Wildman–Crippen LogP) is 3.29. The van der Waals surface area contributed by atoms with Crippen molar-refractivity contribution in [2.45, 2.75) is 33.2 Å². The molecule has 1 aromatic carbocycles. The van der Waals surface area contributed by atoms with Crippen LogP contribution in [0.1, 0.15) is 38.1 Å². The first-order chi connectivity index (χ1) is 7.16. The Labute approximate surface area is 102 Å². The smallest absolute Gasteiger partial charge is 0.170 e. The van der Waals surface area contributed by atoms with Gasteiger partial charge < -0.3 is 5.73 Å². The van der Waals surface area contributed by atoms with E-state index in [9.17, 15) is 4.79 Å². The second-order valence-electron chi connectivity index (χ2n) is 5.19. The molecule has 0 heterocycles. The van der Waals surface area contributed by atoms with E-state index in [1.165, 1.54) is 0 Å². The fraction of sp³-hybridized carbons (Fsp3) is 0.462. The third-order valence-electron chi connectivity index (χ3n) is 3.27. The van der Waals surface area contributed by atoms with Gasteiger partial charge >= 0.3 is 0 Å². The van der Waals surface area contributed by atoms with Crippen LogP contribution in [0.25, 0.3) is 0 Å². The normalized spacial score (nSPS) is 12.6. The molecular weight excluding hydrogens is 222 g/mol. The molecule has 0 saturated carbocycles. The van der Waals surface area contributed by atoms with Crippen molar-refractivity contribution in [2.24, 2.45) is 11.1 Å². The zero-order valence-corrected chi connectivity index (χ0v) is 10.9. The summed E-state index contributed by atoms with van der Waals surface area (Å²) in [6.07, 6.45) is 0. The zero-order valence-electron chi connectivity index (χ0n) is 10.2. The van der Waals surface area contributed by atoms with Gasteiger partial charge in [-0.05, 0) is 26.0 Å². The van der Waals surface area contributed by atoms with Crippen LogP contribution in [0.15, 0.2) is 24.3 Å². The molecule has 16 heavy (non-hydrogen) atoms. The van der Waals surface area contributed by atoms with Gasteiger partial charge in [-0.2, -0.15) is 0 Å². The van der Waals surface area contributed by atoms with Crippen molar-refractivity contribution in [3.63, 3.8) is 0 Å². The van der Waals surface area contributed by atoms with Crippen molar-refractivity contribution in [3.05, 3.63) is 34.9 Å². The molecule has 0 aliphatic rings. The number of rotatable bonds is 3. The van der Waals surface area contributed by atoms with Gasteiger partial charge in [-0.1, -0.05) is 37.6 Å². The molecule has 0 spiro atoms. The summed E-state index contributed by atoms with van der Waals surface area (Å²) in [6.45, 7) is 7.43. The molecule has 1 aromatic rings. The van der Waals surface area contributed by atoms with E-state index in [1.54, 1.807) is 24.3 Å². The molecule has 0 radical (unpaired) electrons. The topological polar surface area (TPSA) is 43.1 Å². The quantitative estimate of drug-likeness (QED) is 0.823. The Morgan fingerprint density at radius 1 is 1.25 bits per heavy atom. The Hall–Kier alpha value is -0.860. The number of hydrogen-bond donors (Lipinski definition) is 1. The van der Waals surface area contributed by atoms with Gasteiger partial charge in [0, 0.05) is 21.5 Å². The fourth-order valence-electron chi connectivity index (χ4n) is 1.28. The number of nitrogens with two attached hydrogens (primary N) is 1. The number of ketones is 1. The summed E-state index contributed by atoms with van der Waals surface area (Å²) in [6, 6.07) is 6.97. The van der Waals surface area contributed by atoms with Crippen LogP contribution in [0.5, 0.6) is 0 Å². The number of carbonyl (C=O) groups is 1. The fourth-order valence-corrected chi connectivity index (χ4v) is 1.47. The summed E-state index contributed by atoms with van der Waals surface area (Å²) in [5, 5.41) is 0.566. The highest BCUT2D eigenvalue weighted by atomic mass is 35.5. The first-order valence-electron chi connectivity index (χ1n) is 5.25. The van der Waals surface area contributed by atoms with Gasteiger partial charge in [0.05, 0.1) is 0 Å². The van der Waals surface area contributed by atoms with Gasteiger partial charge in [-0.25, -0.2) is 0 Å². The first kappa shape index (κ1) is 13.2. The molecule has 0 aromatic heterocycles. The molecule has 0 fully saturated rings. The third-order valence-corrected chi connectivity index (χ3v) is 3.50. The van der Waals surface area contributed by atoms with Crippen molar-refractivity contribution >= 4 is 17.4 Å². The first-order valence-corrected chi connectivity index (χ1v) is 5.63. The molecule has 1 rings (SSSR count). The summed E-state index contributed by atoms with van der Waals surface area (Å²) >= 11 is 5.87. The SMILES string of the molecule is CC(C)(N)C(C)(C)C(=O)c1cccc(Cl)c1. The molecule has 0 saturated heterocycles. The molecule has 0 aliphatic carbocycles. The average Bonchev–Trinajstić information content (AvgIpc) is 2.14. The van der Waals surface area contributed by atoms with Crippen LogP contribution in [0, 0.1) is 5.41 Å². The van der Waals surface area contributed by atoms with Gasteiger partial charge in [0.2, 0.25) is 0 Å². The largest absolute Gasteiger partial charge is 0.325 e. The van der Waals surface area contributed by atoms with Crippen LogP contribution in [0.4, 0.5) is 0 Å². The number of halogens is 1. The maximum Gasteiger partial charge on any atom is 0.170 e. The summed E-state index contributed by atoms with van der Waals surface area (Å²) in [7, 11) is 0. The minimum atomic E-state index is -0.627. The monoisotopic (exact) mass is 239 g/mol. The van der Waals surface area contributed by atoms with E-state index in [0.717, 1.165) is 0 Å². The summed E-state index contributed by atoms with van der Waals surface area (Å²) < 4.78 is 0. The molecule has 0 atom stereocenters. The molecular formula is C13H18ClNO. The van der Waals surface area contributed by atoms with Gasteiger partial charge in [0.25, 0.3) is 0 Å². The molecule has 88 valence electrons. The van der Waals surface area contributed by atoms with Gasteiger partial charge in [-0.3, -0.25) is 4.79 Å². The Bertz CT molecular complexity index is 405. The second kappa shape index (κ2) is 4.19. The highest BCUT2D eigenvalue weighted by Crippen LogP contribution is 2.32. The van der Waals surface area contributed by atoms with E-state index >= 15 is 0 Å². The Morgan fingerprint density at radius 3 is 2.25 bits per heavy atom. The Balaban J connectivity index is 3.12. The minimum Gasteiger partial charge on any atom is -0.325 e. The average molecular weight is 240 g/mol. The van der Waals surface area contributed by atoms with Gasteiger partial charge in [0.15, 0.2) is 5.78 Å². The maximum atomic E-state index is 12.3. The predicted molar refractivity (Wildman–Crippen MR) is 67.8 cm³/mol. The van der Waals surface area contributed by atoms with E-state index in [0.29, 0.717) is 10.6 Å². The van der Waals surface area contributed by atoms with E-state index < -0.39 is 11.0 Å². The molecule has 2 nitrogen and oxygen atoms in total. The van der Waals surface area contributed by atoms with Crippen LogP contribution in [-0.2, 0) is 0 Å². The van der Waals surface area contributed by atoms with Crippen molar-refractivity contribution in [1.29, 1.82) is 0 Å². The van der Waals surface area contributed by atoms with Crippen molar-refractivity contribution < 1.29 is 4.79 Å². The van der Waals surface area contributed by atoms with Crippen molar-refractivity contribution in [3.8, 4) is 0 Å². The number of carbonyl (C=O) groups excluding carboxylic acids is 1. The lowest BCUT2D eigenvalue weighted by Gasteiger charge is -2.37. The highest BCUT2D eigenvalue weighted by Gasteiger charge is 2.40. The lowest BCUT2D eigenvalue weighted by Crippen LogP contribution is -2.51. The van der Waals surface area contributed by atoms with E-state index in [-0.39, 0.29) is 5.78 Å². The molecule has 0 bridgehead atoms. The maximum absolute atomic E-state index is 12.3. The molecule has 0 amide bonds. The molecule has 0 aliphatic heterocycles. The summed E-state index contributed by atoms with van der Waals surface area (Å²) in [4.78, 5) is 12.3. The van der Waals surface area contributed by atoms with Crippen molar-refractivity contribution in [1.82, 2.24) is 0 Å². The Morgan fingerprint density at radius 2 is 1.81 bits per heavy atom. The standard InChI is InChI=1S/C13H18ClNO/c1-12(2,13(3,4)15)11(16)9-6-5-7-10(14)8-9/h5-8H,15H2,1-4H3. The Kier molecular flexibility index (Phi) is 3.46. The molecule has 0 unspecified atom stereocenters. The summed E-state index contributed by atoms with van der Waals surface area (Å²) in [5.41, 5.74) is 5.44. The lowest BCUT2D eigenvalue weighted by atomic mass is 9.70. The van der Waals surface area contributed by atoms with Gasteiger partial charge in [0.1, 0.15) is 0 Å². The number of hydrogen-bond acceptors (Lipinski definition) is 2.